The van der Waals surface area contributed by atoms with Crippen molar-refractivity contribution in [2.24, 2.45) is 0 Å². The maximum absolute atomic E-state index is 12.9. The van der Waals surface area contributed by atoms with Crippen LogP contribution in [0.4, 0.5) is 5.69 Å². The summed E-state index contributed by atoms with van der Waals surface area (Å²) >= 11 is 6.17. The highest BCUT2D eigenvalue weighted by atomic mass is 35.5. The van der Waals surface area contributed by atoms with Crippen LogP contribution in [0.15, 0.2) is 41.3 Å². The molecule has 1 aliphatic heterocycles. The number of nitrogens with one attached hydrogen (secondary N) is 1. The molecule has 0 saturated carbocycles. The molecule has 0 bridgehead atoms. The molecule has 1 saturated heterocycles. The topological polar surface area (TPSA) is 66.5 Å². The Labute approximate surface area is 165 Å². The van der Waals surface area contributed by atoms with Crippen LogP contribution in [0.2, 0.25) is 5.02 Å². The molecule has 0 spiro atoms. The van der Waals surface area contributed by atoms with Gasteiger partial charge in [-0.05, 0) is 62.1 Å². The Morgan fingerprint density at radius 1 is 1.04 bits per heavy atom. The molecule has 0 aromatic heterocycles. The Balaban J connectivity index is 1.90. The fraction of sp³-hybridized carbons (Fsp3) is 0.350. The number of carbonyl (C=O) groups is 1. The Bertz CT molecular complexity index is 967. The lowest BCUT2D eigenvalue weighted by Gasteiger charge is -2.26. The zero-order chi connectivity index (χ0) is 19.6. The second-order valence-corrected chi connectivity index (χ2v) is 9.20. The lowest BCUT2D eigenvalue weighted by atomic mass is 10.1. The molecule has 144 valence electrons. The first-order valence-corrected chi connectivity index (χ1v) is 10.8. The third kappa shape index (κ3) is 4.34. The van der Waals surface area contributed by atoms with E-state index in [1.807, 2.05) is 32.0 Å². The van der Waals surface area contributed by atoms with E-state index in [0.717, 1.165) is 30.4 Å². The second kappa shape index (κ2) is 8.00. The van der Waals surface area contributed by atoms with Gasteiger partial charge in [-0.1, -0.05) is 30.2 Å². The number of amides is 1. The van der Waals surface area contributed by atoms with Gasteiger partial charge in [0.05, 0.1) is 5.02 Å². The molecule has 0 radical (unpaired) electrons. The fourth-order valence-corrected chi connectivity index (χ4v) is 5.17. The van der Waals surface area contributed by atoms with E-state index in [2.05, 4.69) is 5.32 Å². The molecule has 0 aliphatic carbocycles. The van der Waals surface area contributed by atoms with E-state index in [9.17, 15) is 13.2 Å². The van der Waals surface area contributed by atoms with E-state index in [1.54, 1.807) is 0 Å². The highest BCUT2D eigenvalue weighted by Gasteiger charge is 2.28. The van der Waals surface area contributed by atoms with Crippen LogP contribution < -0.4 is 5.32 Å². The predicted molar refractivity (Wildman–Crippen MR) is 108 cm³/mol. The van der Waals surface area contributed by atoms with Gasteiger partial charge in [0.25, 0.3) is 5.91 Å². The molecule has 2 aromatic rings. The second-order valence-electron chi connectivity index (χ2n) is 6.88. The number of halogens is 1. The smallest absolute Gasteiger partial charge is 0.255 e. The molecule has 1 heterocycles. The predicted octanol–water partition coefficient (Wildman–Crippen LogP) is 4.38. The molecule has 1 N–H and O–H groups in total. The van der Waals surface area contributed by atoms with Crippen molar-refractivity contribution in [3.8, 4) is 0 Å². The number of piperidine rings is 1. The van der Waals surface area contributed by atoms with E-state index >= 15 is 0 Å². The van der Waals surface area contributed by atoms with Crippen LogP contribution in [0, 0.1) is 13.8 Å². The molecule has 5 nitrogen and oxygen atoms in total. The Morgan fingerprint density at radius 2 is 1.74 bits per heavy atom. The van der Waals surface area contributed by atoms with E-state index in [0.29, 0.717) is 18.8 Å². The number of sulfonamides is 1. The van der Waals surface area contributed by atoms with Crippen LogP contribution in [0.3, 0.4) is 0 Å². The first kappa shape index (κ1) is 19.9. The summed E-state index contributed by atoms with van der Waals surface area (Å²) in [6.45, 7) is 4.82. The van der Waals surface area contributed by atoms with Gasteiger partial charge < -0.3 is 5.32 Å². The molecule has 1 aliphatic rings. The van der Waals surface area contributed by atoms with Crippen LogP contribution in [-0.4, -0.2) is 31.7 Å². The number of aryl methyl sites for hydroxylation is 2. The van der Waals surface area contributed by atoms with Gasteiger partial charge in [0.15, 0.2) is 0 Å². The summed E-state index contributed by atoms with van der Waals surface area (Å²) in [4.78, 5) is 12.7. The van der Waals surface area contributed by atoms with Crippen LogP contribution in [0.5, 0.6) is 0 Å². The molecule has 1 amide bonds. The van der Waals surface area contributed by atoms with Crippen molar-refractivity contribution in [1.82, 2.24) is 4.31 Å². The molecule has 0 atom stereocenters. The molecule has 7 heteroatoms. The third-order valence-corrected chi connectivity index (χ3v) is 7.15. The van der Waals surface area contributed by atoms with Crippen LogP contribution in [-0.2, 0) is 10.0 Å². The highest BCUT2D eigenvalue weighted by molar-refractivity contribution is 7.89. The SMILES string of the molecule is Cc1ccc(C)c(NC(=O)c2ccc(Cl)c(S(=O)(=O)N3CCCCC3)c2)c1. The molecule has 27 heavy (non-hydrogen) atoms. The minimum atomic E-state index is -3.72. The van der Waals surface area contributed by atoms with Crippen LogP contribution in [0.25, 0.3) is 0 Å². The first-order valence-electron chi connectivity index (χ1n) is 8.97. The quantitative estimate of drug-likeness (QED) is 0.819. The lowest BCUT2D eigenvalue weighted by Crippen LogP contribution is -2.35. The van der Waals surface area contributed by atoms with Crippen molar-refractivity contribution in [2.75, 3.05) is 18.4 Å². The van der Waals surface area contributed by atoms with Gasteiger partial charge in [-0.15, -0.1) is 0 Å². The minimum absolute atomic E-state index is 0.0142. The van der Waals surface area contributed by atoms with Gasteiger partial charge in [-0.3, -0.25) is 4.79 Å². The highest BCUT2D eigenvalue weighted by Crippen LogP contribution is 2.28. The Hall–Kier alpha value is -1.89. The van der Waals surface area contributed by atoms with Crippen molar-refractivity contribution < 1.29 is 13.2 Å². The van der Waals surface area contributed by atoms with Gasteiger partial charge in [-0.2, -0.15) is 4.31 Å². The van der Waals surface area contributed by atoms with E-state index in [1.165, 1.54) is 22.5 Å². The number of rotatable bonds is 4. The summed E-state index contributed by atoms with van der Waals surface area (Å²) in [5, 5.41) is 2.98. The fourth-order valence-electron chi connectivity index (χ4n) is 3.15. The number of hydrogen-bond donors (Lipinski definition) is 1. The zero-order valence-electron chi connectivity index (χ0n) is 15.5. The van der Waals surface area contributed by atoms with Gasteiger partial charge in [0.2, 0.25) is 10.0 Å². The summed E-state index contributed by atoms with van der Waals surface area (Å²) in [7, 11) is -3.72. The Kier molecular flexibility index (Phi) is 5.89. The first-order chi connectivity index (χ1) is 12.8. The lowest BCUT2D eigenvalue weighted by molar-refractivity contribution is 0.102. The number of anilines is 1. The van der Waals surface area contributed by atoms with E-state index < -0.39 is 10.0 Å². The molecule has 3 rings (SSSR count). The zero-order valence-corrected chi connectivity index (χ0v) is 17.0. The summed E-state index contributed by atoms with van der Waals surface area (Å²) < 4.78 is 27.3. The van der Waals surface area contributed by atoms with E-state index in [-0.39, 0.29) is 21.4 Å². The van der Waals surface area contributed by atoms with Crippen molar-refractivity contribution in [1.29, 1.82) is 0 Å². The molecule has 1 fully saturated rings. The molecular formula is C20H23ClN2O3S. The van der Waals surface area contributed by atoms with Crippen molar-refractivity contribution in [3.63, 3.8) is 0 Å². The number of hydrogen-bond acceptors (Lipinski definition) is 3. The number of carbonyl (C=O) groups excluding carboxylic acids is 1. The Morgan fingerprint density at radius 3 is 2.44 bits per heavy atom. The summed E-state index contributed by atoms with van der Waals surface area (Å²) in [6.07, 6.45) is 2.70. The van der Waals surface area contributed by atoms with Crippen molar-refractivity contribution >= 4 is 33.2 Å². The normalized spacial score (nSPS) is 15.5. The van der Waals surface area contributed by atoms with E-state index in [4.69, 9.17) is 11.6 Å². The van der Waals surface area contributed by atoms with Crippen LogP contribution in [0.1, 0.15) is 40.7 Å². The summed E-state index contributed by atoms with van der Waals surface area (Å²) in [6, 6.07) is 10.2. The monoisotopic (exact) mass is 406 g/mol. The van der Waals surface area contributed by atoms with Gasteiger partial charge in [-0.25, -0.2) is 8.42 Å². The average molecular weight is 407 g/mol. The molecule has 2 aromatic carbocycles. The number of benzene rings is 2. The van der Waals surface area contributed by atoms with Gasteiger partial charge in [0.1, 0.15) is 4.90 Å². The largest absolute Gasteiger partial charge is 0.322 e. The van der Waals surface area contributed by atoms with Crippen molar-refractivity contribution in [2.45, 2.75) is 38.0 Å². The number of nitrogens with zero attached hydrogens (tertiary/aromatic N) is 1. The average Bonchev–Trinajstić information content (AvgIpc) is 2.65. The van der Waals surface area contributed by atoms with Gasteiger partial charge in [0, 0.05) is 24.3 Å². The van der Waals surface area contributed by atoms with Crippen molar-refractivity contribution in [3.05, 3.63) is 58.1 Å². The van der Waals surface area contributed by atoms with Gasteiger partial charge >= 0.3 is 0 Å². The summed E-state index contributed by atoms with van der Waals surface area (Å²) in [5.41, 5.74) is 2.93. The molecular weight excluding hydrogens is 384 g/mol. The maximum atomic E-state index is 12.9. The maximum Gasteiger partial charge on any atom is 0.255 e. The summed E-state index contributed by atoms with van der Waals surface area (Å²) in [5.74, 6) is -0.365. The molecule has 0 unspecified atom stereocenters. The standard InChI is InChI=1S/C20H23ClN2O3S/c1-14-6-7-15(2)18(12-14)22-20(24)16-8-9-17(21)19(13-16)27(25,26)23-10-4-3-5-11-23/h6-9,12-13H,3-5,10-11H2,1-2H3,(H,22,24). The third-order valence-electron chi connectivity index (χ3n) is 4.77. The minimum Gasteiger partial charge on any atom is -0.322 e. The van der Waals surface area contributed by atoms with Crippen LogP contribution >= 0.6 is 11.6 Å².